The third kappa shape index (κ3) is 3.63. The monoisotopic (exact) mass is 248 g/mol. The molecule has 1 fully saturated rings. The predicted octanol–water partition coefficient (Wildman–Crippen LogP) is 1.14. The van der Waals surface area contributed by atoms with Crippen LogP contribution in [0.2, 0.25) is 0 Å². The molecular formula is C11H15F3N2O. The molecule has 0 aromatic carbocycles. The van der Waals surface area contributed by atoms with Gasteiger partial charge in [-0.1, -0.05) is 0 Å². The van der Waals surface area contributed by atoms with Gasteiger partial charge >= 0.3 is 6.18 Å². The first-order valence-corrected chi connectivity index (χ1v) is 5.40. The number of nitrogens with zero attached hydrogens (tertiary/aromatic N) is 1. The van der Waals surface area contributed by atoms with Crippen LogP contribution in [-0.2, 0) is 4.79 Å². The molecule has 1 saturated heterocycles. The zero-order chi connectivity index (χ0) is 13.1. The lowest BCUT2D eigenvalue weighted by atomic mass is 9.97. The molecule has 2 unspecified atom stereocenters. The first-order valence-electron chi connectivity index (χ1n) is 5.40. The topological polar surface area (TPSA) is 46.3 Å². The molecule has 0 aliphatic carbocycles. The third-order valence-electron chi connectivity index (χ3n) is 2.85. The maximum Gasteiger partial charge on any atom is 0.393 e. The van der Waals surface area contributed by atoms with Crippen LogP contribution in [0.5, 0.6) is 0 Å². The second-order valence-electron chi connectivity index (χ2n) is 4.18. The molecule has 0 spiro atoms. The Bertz CT molecular complexity index is 322. The second-order valence-corrected chi connectivity index (χ2v) is 4.18. The Morgan fingerprint density at radius 3 is 2.76 bits per heavy atom. The minimum atomic E-state index is -4.25. The maximum atomic E-state index is 12.5. The molecule has 1 aliphatic heterocycles. The van der Waals surface area contributed by atoms with Crippen molar-refractivity contribution in [1.29, 1.82) is 0 Å². The number of nitrogens with two attached hydrogens (primary N) is 1. The molecule has 0 radical (unpaired) electrons. The minimum Gasteiger partial charge on any atom is -0.341 e. The molecule has 2 atom stereocenters. The van der Waals surface area contributed by atoms with Gasteiger partial charge in [-0.25, -0.2) is 0 Å². The van der Waals surface area contributed by atoms with Crippen LogP contribution < -0.4 is 5.73 Å². The van der Waals surface area contributed by atoms with E-state index in [2.05, 4.69) is 5.92 Å². The Morgan fingerprint density at radius 1 is 1.59 bits per heavy atom. The number of likely N-dealkylation sites (tertiary alicyclic amines) is 1. The Labute approximate surface area is 98.1 Å². The van der Waals surface area contributed by atoms with Crippen LogP contribution in [0.25, 0.3) is 0 Å². The Kier molecular flexibility index (Phi) is 4.40. The van der Waals surface area contributed by atoms with E-state index in [1.807, 2.05) is 0 Å². The quantitative estimate of drug-likeness (QED) is 0.745. The number of carbonyl (C=O) groups excluding carboxylic acids is 1. The summed E-state index contributed by atoms with van der Waals surface area (Å²) >= 11 is 0. The molecule has 96 valence electrons. The maximum absolute atomic E-state index is 12.5. The summed E-state index contributed by atoms with van der Waals surface area (Å²) in [5.74, 6) is 0.299. The predicted molar refractivity (Wildman–Crippen MR) is 56.8 cm³/mol. The van der Waals surface area contributed by atoms with E-state index in [9.17, 15) is 18.0 Å². The third-order valence-corrected chi connectivity index (χ3v) is 2.85. The molecule has 0 saturated carbocycles. The van der Waals surface area contributed by atoms with E-state index in [-0.39, 0.29) is 19.4 Å². The number of rotatable bonds is 2. The summed E-state index contributed by atoms with van der Waals surface area (Å²) in [4.78, 5) is 12.9. The Balaban J connectivity index is 2.61. The zero-order valence-electron chi connectivity index (χ0n) is 9.33. The van der Waals surface area contributed by atoms with E-state index in [4.69, 9.17) is 12.2 Å². The number of alkyl halides is 3. The highest BCUT2D eigenvalue weighted by molar-refractivity contribution is 5.82. The summed E-state index contributed by atoms with van der Waals surface area (Å²) < 4.78 is 37.6. The lowest BCUT2D eigenvalue weighted by Gasteiger charge is -2.34. The number of carbonyl (C=O) groups is 1. The van der Waals surface area contributed by atoms with Crippen LogP contribution in [0.4, 0.5) is 13.2 Å². The molecule has 3 nitrogen and oxygen atoms in total. The molecule has 0 bridgehead atoms. The van der Waals surface area contributed by atoms with Crippen molar-refractivity contribution in [2.24, 2.45) is 11.7 Å². The Morgan fingerprint density at radius 2 is 2.24 bits per heavy atom. The summed E-state index contributed by atoms with van der Waals surface area (Å²) in [6.45, 7) is 0.0181. The van der Waals surface area contributed by atoms with Crippen molar-refractivity contribution in [1.82, 2.24) is 4.90 Å². The molecule has 1 aliphatic rings. The summed E-state index contributed by atoms with van der Waals surface area (Å²) in [6, 6.07) is -0.896. The fourth-order valence-corrected chi connectivity index (χ4v) is 1.89. The molecule has 0 aromatic rings. The van der Waals surface area contributed by atoms with Gasteiger partial charge in [0.15, 0.2) is 0 Å². The van der Waals surface area contributed by atoms with Gasteiger partial charge in [0.25, 0.3) is 0 Å². The highest BCUT2D eigenvalue weighted by atomic mass is 19.4. The summed E-state index contributed by atoms with van der Waals surface area (Å²) in [6.07, 6.45) is 1.22. The highest BCUT2D eigenvalue weighted by Crippen LogP contribution is 2.33. The van der Waals surface area contributed by atoms with Crippen LogP contribution in [0.1, 0.15) is 19.3 Å². The highest BCUT2D eigenvalue weighted by Gasteiger charge is 2.43. The van der Waals surface area contributed by atoms with E-state index in [1.54, 1.807) is 0 Å². The molecule has 1 heterocycles. The first-order chi connectivity index (χ1) is 7.86. The van der Waals surface area contributed by atoms with Crippen molar-refractivity contribution in [2.45, 2.75) is 31.5 Å². The zero-order valence-corrected chi connectivity index (χ0v) is 9.33. The van der Waals surface area contributed by atoms with Crippen LogP contribution in [-0.4, -0.2) is 36.1 Å². The summed E-state index contributed by atoms with van der Waals surface area (Å²) in [7, 11) is 0. The fourth-order valence-electron chi connectivity index (χ4n) is 1.89. The lowest BCUT2D eigenvalue weighted by Crippen LogP contribution is -2.50. The van der Waals surface area contributed by atoms with Crippen molar-refractivity contribution < 1.29 is 18.0 Å². The number of hydrogen-bond acceptors (Lipinski definition) is 2. The average molecular weight is 248 g/mol. The van der Waals surface area contributed by atoms with Gasteiger partial charge in [-0.3, -0.25) is 4.79 Å². The normalized spacial score (nSPS) is 23.0. The fraction of sp³-hybridized carbons (Fsp3) is 0.727. The standard InChI is InChI=1S/C11H15F3N2O/c1-2-4-9(15)10(17)16-6-3-5-8(7-16)11(12,13)14/h1,8-9H,3-7,15H2. The molecule has 1 rings (SSSR count). The molecule has 0 aromatic heterocycles. The Hall–Kier alpha value is -1.22. The average Bonchev–Trinajstić information content (AvgIpc) is 2.27. The van der Waals surface area contributed by atoms with E-state index >= 15 is 0 Å². The molecule has 1 amide bonds. The van der Waals surface area contributed by atoms with Gasteiger partial charge in [-0.05, 0) is 12.8 Å². The van der Waals surface area contributed by atoms with Gasteiger partial charge in [-0.15, -0.1) is 12.3 Å². The van der Waals surface area contributed by atoms with Gasteiger partial charge in [-0.2, -0.15) is 13.2 Å². The van der Waals surface area contributed by atoms with E-state index in [0.717, 1.165) is 0 Å². The van der Waals surface area contributed by atoms with Crippen LogP contribution in [0.3, 0.4) is 0 Å². The number of hydrogen-bond donors (Lipinski definition) is 1. The van der Waals surface area contributed by atoms with Gasteiger partial charge in [0.2, 0.25) is 5.91 Å². The number of halogens is 3. The smallest absolute Gasteiger partial charge is 0.341 e. The number of piperidine rings is 1. The first kappa shape index (κ1) is 13.8. The van der Waals surface area contributed by atoms with E-state index in [1.165, 1.54) is 4.90 Å². The summed E-state index contributed by atoms with van der Waals surface area (Å²) in [5, 5.41) is 0. The lowest BCUT2D eigenvalue weighted by molar-refractivity contribution is -0.188. The van der Waals surface area contributed by atoms with Gasteiger partial charge in [0.1, 0.15) is 0 Å². The van der Waals surface area contributed by atoms with E-state index in [0.29, 0.717) is 13.0 Å². The SMILES string of the molecule is C#CCC(N)C(=O)N1CCCC(C(F)(F)F)C1. The van der Waals surface area contributed by atoms with E-state index < -0.39 is 24.0 Å². The van der Waals surface area contributed by atoms with Crippen molar-refractivity contribution >= 4 is 5.91 Å². The molecular weight excluding hydrogens is 233 g/mol. The molecule has 2 N–H and O–H groups in total. The molecule has 17 heavy (non-hydrogen) atoms. The van der Waals surface area contributed by atoms with Gasteiger partial charge < -0.3 is 10.6 Å². The van der Waals surface area contributed by atoms with Crippen LogP contribution in [0, 0.1) is 18.3 Å². The largest absolute Gasteiger partial charge is 0.393 e. The van der Waals surface area contributed by atoms with Crippen molar-refractivity contribution in [3.63, 3.8) is 0 Å². The summed E-state index contributed by atoms with van der Waals surface area (Å²) in [5.41, 5.74) is 5.50. The van der Waals surface area contributed by atoms with Crippen LogP contribution in [0.15, 0.2) is 0 Å². The number of terminal acetylenes is 1. The van der Waals surface area contributed by atoms with Crippen LogP contribution >= 0.6 is 0 Å². The minimum absolute atomic E-state index is 0.0476. The van der Waals surface area contributed by atoms with Gasteiger partial charge in [0, 0.05) is 19.5 Å². The van der Waals surface area contributed by atoms with Gasteiger partial charge in [0.05, 0.1) is 12.0 Å². The molecule has 6 heteroatoms. The second kappa shape index (κ2) is 5.41. The van der Waals surface area contributed by atoms with Crippen molar-refractivity contribution in [2.75, 3.05) is 13.1 Å². The van der Waals surface area contributed by atoms with Crippen molar-refractivity contribution in [3.05, 3.63) is 0 Å². The van der Waals surface area contributed by atoms with Crippen molar-refractivity contribution in [3.8, 4) is 12.3 Å². The number of amides is 1.